The van der Waals surface area contributed by atoms with E-state index >= 15 is 0 Å². The van der Waals surface area contributed by atoms with Crippen LogP contribution in [0.4, 0.5) is 0 Å². The van der Waals surface area contributed by atoms with Crippen LogP contribution in [-0.2, 0) is 38.9 Å². The normalized spacial score (nSPS) is 49.1. The Morgan fingerprint density at radius 2 is 1.81 bits per heavy atom. The van der Waals surface area contributed by atoms with Crippen LogP contribution in [0.25, 0.3) is 0 Å². The van der Waals surface area contributed by atoms with E-state index in [4.69, 9.17) is 35.3 Å². The van der Waals surface area contributed by atoms with Crippen molar-refractivity contribution in [3.8, 4) is 0 Å². The molecule has 37 heavy (non-hydrogen) atoms. The highest BCUT2D eigenvalue weighted by molar-refractivity contribution is 6.32. The first-order chi connectivity index (χ1) is 17.4. The summed E-state index contributed by atoms with van der Waals surface area (Å²) in [7, 11) is 1.15. The summed E-state index contributed by atoms with van der Waals surface area (Å²) in [6.07, 6.45) is -9.74. The summed E-state index contributed by atoms with van der Waals surface area (Å²) in [5.41, 5.74) is -6.36. The number of Topliss-reactive ketones (excluding diaryl/α,β-unsaturated/α-hetero) is 1. The van der Waals surface area contributed by atoms with Gasteiger partial charge in [-0.15, -0.1) is 0 Å². The Bertz CT molecular complexity index is 1330. The molecule has 1 aromatic rings. The van der Waals surface area contributed by atoms with E-state index in [0.29, 0.717) is 0 Å². The molecule has 2 saturated heterocycles. The van der Waals surface area contributed by atoms with Crippen molar-refractivity contribution < 1.29 is 58.8 Å². The molecule has 198 valence electrons. The number of fused-ring (bicyclic) bond motifs is 1. The number of aliphatic hydroxyl groups excluding tert-OH is 4. The highest BCUT2D eigenvalue weighted by atomic mass is 35.5. The second kappa shape index (κ2) is 6.89. The smallest absolute Gasteiger partial charge is 0.339 e. The fourth-order valence-corrected chi connectivity index (χ4v) is 7.59. The summed E-state index contributed by atoms with van der Waals surface area (Å²) in [6, 6.07) is 2.82. The molecular weight excluding hydrogens is 516 g/mol. The molecule has 0 aromatic heterocycles. The van der Waals surface area contributed by atoms with Crippen molar-refractivity contribution in [3.05, 3.63) is 45.2 Å². The van der Waals surface area contributed by atoms with E-state index in [2.05, 4.69) is 0 Å². The fraction of sp³-hybridized carbons (Fsp3) is 0.583. The number of benzene rings is 1. The first-order valence-corrected chi connectivity index (χ1v) is 12.1. The number of carbonyl (C=O) groups is 2. The minimum absolute atomic E-state index is 0.00981. The van der Waals surface area contributed by atoms with Crippen LogP contribution in [0.15, 0.2) is 23.5 Å². The van der Waals surface area contributed by atoms with Crippen LogP contribution in [0.1, 0.15) is 42.2 Å². The second-order valence-electron chi connectivity index (χ2n) is 10.4. The zero-order valence-corrected chi connectivity index (χ0v) is 20.3. The van der Waals surface area contributed by atoms with E-state index in [0.717, 1.165) is 7.11 Å². The average Bonchev–Trinajstić information content (AvgIpc) is 3.52. The lowest BCUT2D eigenvalue weighted by Gasteiger charge is -2.55. The molecule has 1 saturated carbocycles. The van der Waals surface area contributed by atoms with E-state index in [1.165, 1.54) is 19.1 Å². The van der Waals surface area contributed by atoms with Crippen molar-refractivity contribution in [2.75, 3.05) is 13.7 Å². The topological polar surface area (TPSA) is 185 Å². The Morgan fingerprint density at radius 3 is 2.51 bits per heavy atom. The average molecular weight is 539 g/mol. The number of ether oxygens (including phenoxy) is 5. The predicted octanol–water partition coefficient (Wildman–Crippen LogP) is -1.22. The second-order valence-corrected chi connectivity index (χ2v) is 10.7. The lowest BCUT2D eigenvalue weighted by molar-refractivity contribution is -0.387. The third-order valence-corrected chi connectivity index (χ3v) is 9.21. The van der Waals surface area contributed by atoms with Gasteiger partial charge >= 0.3 is 5.97 Å². The molecule has 5 N–H and O–H groups in total. The van der Waals surface area contributed by atoms with Gasteiger partial charge in [0.2, 0.25) is 0 Å². The number of esters is 1. The molecule has 3 aliphatic carbocycles. The minimum atomic E-state index is -2.57. The highest BCUT2D eigenvalue weighted by Gasteiger charge is 2.88. The standard InChI is InChI=1S/C24H23ClO12/c1-7-15(29)21-18(33-2)19(31)34-6-10(26)8-3-4-9-13(14(8)25)22-11(27)5-12(28)23(22,16(9)30)35-17(7)24(32,37-22)20(21)36-21/h3-4,10-12,16,18,20,26-28,30,32H,5-6H2,1-2H3/t10-,11+,12+,16+,18-,20?,21+,22?,23?,24?/m0/s1. The number of epoxide rings is 1. The highest BCUT2D eigenvalue weighted by Crippen LogP contribution is 2.72. The van der Waals surface area contributed by atoms with E-state index in [1.54, 1.807) is 0 Å². The van der Waals surface area contributed by atoms with Gasteiger partial charge in [-0.25, -0.2) is 4.79 Å². The van der Waals surface area contributed by atoms with Crippen molar-refractivity contribution in [1.82, 2.24) is 0 Å². The van der Waals surface area contributed by atoms with E-state index in [9.17, 15) is 35.1 Å². The first-order valence-electron chi connectivity index (χ1n) is 11.7. The molecule has 3 fully saturated rings. The van der Waals surface area contributed by atoms with Crippen molar-refractivity contribution in [1.29, 1.82) is 0 Å². The van der Waals surface area contributed by atoms with Gasteiger partial charge in [-0.05, 0) is 12.5 Å². The van der Waals surface area contributed by atoms with Gasteiger partial charge in [0.15, 0.2) is 40.6 Å². The predicted molar refractivity (Wildman–Crippen MR) is 117 cm³/mol. The Morgan fingerprint density at radius 1 is 1.11 bits per heavy atom. The molecule has 3 heterocycles. The quantitative estimate of drug-likeness (QED) is 0.212. The van der Waals surface area contributed by atoms with Crippen molar-refractivity contribution in [3.63, 3.8) is 0 Å². The Kier molecular flexibility index (Phi) is 4.46. The van der Waals surface area contributed by atoms with Crippen LogP contribution >= 0.6 is 11.6 Å². The monoisotopic (exact) mass is 538 g/mol. The van der Waals surface area contributed by atoms with Gasteiger partial charge in [0.05, 0.1) is 11.1 Å². The molecule has 0 radical (unpaired) electrons. The first kappa shape index (κ1) is 23.9. The van der Waals surface area contributed by atoms with Gasteiger partial charge < -0.3 is 49.2 Å². The van der Waals surface area contributed by atoms with Gasteiger partial charge in [-0.1, -0.05) is 23.7 Å². The van der Waals surface area contributed by atoms with Gasteiger partial charge in [0.25, 0.3) is 5.79 Å². The van der Waals surface area contributed by atoms with Crippen LogP contribution in [0.5, 0.6) is 0 Å². The molecule has 1 aromatic carbocycles. The van der Waals surface area contributed by atoms with Gasteiger partial charge in [-0.3, -0.25) is 4.79 Å². The largest absolute Gasteiger partial charge is 0.476 e. The summed E-state index contributed by atoms with van der Waals surface area (Å²) >= 11 is 6.76. The van der Waals surface area contributed by atoms with E-state index in [1.807, 2.05) is 0 Å². The number of hydrogen-bond acceptors (Lipinski definition) is 12. The SMILES string of the molecule is CO[C@H]1C(=O)OC[C@H](O)c2ccc3c(c2Cl)C24OC5(O)C(=C(C)C(=O)[C@@]16OC56)OC2([C@H](O)C[C@H]4O)[C@@H]3O. The maximum absolute atomic E-state index is 13.6. The maximum atomic E-state index is 13.6. The number of cyclic esters (lactones) is 1. The number of rotatable bonds is 1. The van der Waals surface area contributed by atoms with Crippen LogP contribution in [0.2, 0.25) is 5.02 Å². The zero-order valence-electron chi connectivity index (χ0n) is 19.5. The third kappa shape index (κ3) is 2.28. The van der Waals surface area contributed by atoms with Crippen LogP contribution in [0.3, 0.4) is 0 Å². The Hall–Kier alpha value is -2.13. The molecular formula is C24H23ClO12. The lowest BCUT2D eigenvalue weighted by atomic mass is 9.75. The summed E-state index contributed by atoms with van der Waals surface area (Å²) in [4.78, 5) is 26.6. The van der Waals surface area contributed by atoms with Gasteiger partial charge in [-0.2, -0.15) is 0 Å². The molecule has 5 bridgehead atoms. The third-order valence-electron chi connectivity index (χ3n) is 8.80. The fourth-order valence-electron chi connectivity index (χ4n) is 7.15. The summed E-state index contributed by atoms with van der Waals surface area (Å²) in [6.45, 7) is 0.728. The molecule has 7 rings (SSSR count). The molecule has 13 heteroatoms. The molecule has 3 aliphatic heterocycles. The Balaban J connectivity index is 1.58. The van der Waals surface area contributed by atoms with Crippen molar-refractivity contribution >= 4 is 23.4 Å². The van der Waals surface area contributed by atoms with Crippen molar-refractivity contribution in [2.45, 2.75) is 72.6 Å². The van der Waals surface area contributed by atoms with E-state index < -0.39 is 83.3 Å². The Labute approximate surface area is 213 Å². The minimum Gasteiger partial charge on any atom is -0.476 e. The maximum Gasteiger partial charge on any atom is 0.339 e. The van der Waals surface area contributed by atoms with E-state index in [-0.39, 0.29) is 33.7 Å². The number of methoxy groups -OCH3 is 1. The number of carbonyl (C=O) groups excluding carboxylic acids is 2. The number of halogens is 1. The number of hydrogen-bond donors (Lipinski definition) is 5. The molecule has 10 atom stereocenters. The van der Waals surface area contributed by atoms with Gasteiger partial charge in [0.1, 0.15) is 24.9 Å². The molecule has 1 spiro atoms. The summed E-state index contributed by atoms with van der Waals surface area (Å²) in [5, 5.41) is 56.9. The molecule has 6 aliphatic rings. The number of ketones is 1. The van der Waals surface area contributed by atoms with Crippen LogP contribution < -0.4 is 0 Å². The molecule has 0 amide bonds. The zero-order chi connectivity index (χ0) is 26.4. The van der Waals surface area contributed by atoms with Gasteiger partial charge in [0, 0.05) is 30.2 Å². The summed E-state index contributed by atoms with van der Waals surface area (Å²) < 4.78 is 28.8. The lowest BCUT2D eigenvalue weighted by Crippen LogP contribution is -2.70. The van der Waals surface area contributed by atoms with Crippen molar-refractivity contribution in [2.24, 2.45) is 0 Å². The molecule has 4 unspecified atom stereocenters. The van der Waals surface area contributed by atoms with Crippen LogP contribution in [0, 0.1) is 0 Å². The number of aliphatic hydroxyl groups is 5. The molecule has 12 nitrogen and oxygen atoms in total. The van der Waals surface area contributed by atoms with Crippen LogP contribution in [-0.4, -0.2) is 92.4 Å². The summed E-state index contributed by atoms with van der Waals surface area (Å²) in [5.74, 6) is -4.80.